The molecule has 0 saturated carbocycles. The predicted molar refractivity (Wildman–Crippen MR) is 121 cm³/mol. The van der Waals surface area contributed by atoms with Gasteiger partial charge in [-0.2, -0.15) is 0 Å². The molecule has 2 heterocycles. The molecule has 2 aliphatic heterocycles. The van der Waals surface area contributed by atoms with E-state index in [1.807, 2.05) is 13.8 Å². The van der Waals surface area contributed by atoms with Gasteiger partial charge in [0.15, 0.2) is 17.3 Å². The lowest BCUT2D eigenvalue weighted by molar-refractivity contribution is -0.118. The molecule has 34 heavy (non-hydrogen) atoms. The van der Waals surface area contributed by atoms with Gasteiger partial charge in [-0.25, -0.2) is 8.78 Å². The van der Waals surface area contributed by atoms with Gasteiger partial charge in [-0.15, -0.1) is 0 Å². The molecule has 2 N–H and O–H groups in total. The Hall–Kier alpha value is -3.68. The van der Waals surface area contributed by atoms with E-state index in [9.17, 15) is 18.4 Å². The van der Waals surface area contributed by atoms with Crippen LogP contribution in [-0.2, 0) is 9.59 Å². The lowest BCUT2D eigenvalue weighted by Crippen LogP contribution is -2.39. The van der Waals surface area contributed by atoms with Gasteiger partial charge in [0.25, 0.3) is 5.91 Å². The van der Waals surface area contributed by atoms with Crippen LogP contribution in [0.4, 0.5) is 14.5 Å². The van der Waals surface area contributed by atoms with Crippen molar-refractivity contribution in [3.8, 4) is 11.5 Å². The first-order valence-corrected chi connectivity index (χ1v) is 11.0. The van der Waals surface area contributed by atoms with Crippen LogP contribution in [0.15, 0.2) is 58.9 Å². The van der Waals surface area contributed by atoms with Crippen LogP contribution in [0.3, 0.4) is 0 Å². The molecule has 1 aliphatic carbocycles. The number of fused-ring (bicyclic) bond motifs is 1. The van der Waals surface area contributed by atoms with Crippen LogP contribution in [0.2, 0.25) is 0 Å². The molecule has 0 bridgehead atoms. The second kappa shape index (κ2) is 7.97. The minimum atomic E-state index is -0.884. The second-order valence-electron chi connectivity index (χ2n) is 9.62. The molecule has 0 spiro atoms. The zero-order valence-electron chi connectivity index (χ0n) is 19.1. The average molecular weight is 466 g/mol. The van der Waals surface area contributed by atoms with E-state index in [1.54, 1.807) is 25.1 Å². The molecule has 0 saturated heterocycles. The highest BCUT2D eigenvalue weighted by Crippen LogP contribution is 2.48. The summed E-state index contributed by atoms with van der Waals surface area (Å²) in [6.07, 6.45) is 0.989. The fraction of sp³-hybridized carbons (Fsp3) is 0.308. The number of dihydropyridines is 1. The molecule has 2 aromatic rings. The van der Waals surface area contributed by atoms with E-state index in [0.717, 1.165) is 11.8 Å². The largest absolute Gasteiger partial charge is 0.454 e. The molecule has 1 unspecified atom stereocenters. The van der Waals surface area contributed by atoms with Crippen molar-refractivity contribution >= 4 is 17.4 Å². The molecule has 2 aromatic carbocycles. The van der Waals surface area contributed by atoms with Crippen molar-refractivity contribution < 1.29 is 27.8 Å². The highest BCUT2D eigenvalue weighted by Gasteiger charge is 2.43. The lowest BCUT2D eigenvalue weighted by Gasteiger charge is -2.39. The maximum Gasteiger partial charge on any atom is 0.254 e. The van der Waals surface area contributed by atoms with Gasteiger partial charge in [0, 0.05) is 40.9 Å². The van der Waals surface area contributed by atoms with Crippen molar-refractivity contribution in [3.05, 3.63) is 76.1 Å². The predicted octanol–water partition coefficient (Wildman–Crippen LogP) is 4.94. The summed E-state index contributed by atoms with van der Waals surface area (Å²) in [7, 11) is 0. The Morgan fingerprint density at radius 1 is 1.09 bits per heavy atom. The summed E-state index contributed by atoms with van der Waals surface area (Å²) in [6, 6.07) is 8.28. The monoisotopic (exact) mass is 466 g/mol. The first-order valence-electron chi connectivity index (χ1n) is 11.0. The number of rotatable bonds is 3. The number of ketones is 1. The maximum atomic E-state index is 14.3. The molecule has 3 aliphatic rings. The fourth-order valence-electron chi connectivity index (χ4n) is 4.94. The van der Waals surface area contributed by atoms with Crippen LogP contribution >= 0.6 is 0 Å². The number of hydrogen-bond acceptors (Lipinski definition) is 5. The van der Waals surface area contributed by atoms with Crippen molar-refractivity contribution in [1.82, 2.24) is 5.32 Å². The van der Waals surface area contributed by atoms with E-state index in [1.165, 1.54) is 6.07 Å². The average Bonchev–Trinajstić information content (AvgIpc) is 3.21. The number of halogens is 2. The topological polar surface area (TPSA) is 76.7 Å². The summed E-state index contributed by atoms with van der Waals surface area (Å²) in [4.78, 5) is 26.9. The Bertz CT molecular complexity index is 1300. The normalized spacial score (nSPS) is 20.7. The second-order valence-corrected chi connectivity index (χ2v) is 9.62. The molecule has 0 radical (unpaired) electrons. The Morgan fingerprint density at radius 2 is 1.85 bits per heavy atom. The summed E-state index contributed by atoms with van der Waals surface area (Å²) >= 11 is 0. The molecule has 0 fully saturated rings. The van der Waals surface area contributed by atoms with Crippen molar-refractivity contribution in [3.63, 3.8) is 0 Å². The van der Waals surface area contributed by atoms with E-state index < -0.39 is 23.5 Å². The van der Waals surface area contributed by atoms with Crippen molar-refractivity contribution in [2.45, 2.75) is 39.5 Å². The van der Waals surface area contributed by atoms with E-state index in [2.05, 4.69) is 10.6 Å². The van der Waals surface area contributed by atoms with Gasteiger partial charge in [-0.05, 0) is 48.6 Å². The summed E-state index contributed by atoms with van der Waals surface area (Å²) in [5, 5.41) is 5.81. The molecule has 8 heteroatoms. The lowest BCUT2D eigenvalue weighted by atomic mass is 9.68. The highest BCUT2D eigenvalue weighted by atomic mass is 19.1. The molecule has 6 nitrogen and oxygen atoms in total. The number of carbonyl (C=O) groups is 2. The number of carbonyl (C=O) groups excluding carboxylic acids is 2. The number of nitrogens with one attached hydrogen (secondary N) is 2. The van der Waals surface area contributed by atoms with E-state index in [4.69, 9.17) is 9.47 Å². The Morgan fingerprint density at radius 3 is 2.62 bits per heavy atom. The first-order chi connectivity index (χ1) is 16.1. The third kappa shape index (κ3) is 3.83. The Labute approximate surface area is 195 Å². The molecular weight excluding hydrogens is 442 g/mol. The van der Waals surface area contributed by atoms with E-state index in [-0.39, 0.29) is 29.3 Å². The van der Waals surface area contributed by atoms with Crippen molar-refractivity contribution in [2.75, 3.05) is 12.1 Å². The smallest absolute Gasteiger partial charge is 0.254 e. The zero-order valence-corrected chi connectivity index (χ0v) is 19.1. The third-order valence-corrected chi connectivity index (χ3v) is 6.39. The first kappa shape index (κ1) is 22.1. The summed E-state index contributed by atoms with van der Waals surface area (Å²) in [5.74, 6) is -1.82. The summed E-state index contributed by atoms with van der Waals surface area (Å²) in [5.41, 5.74) is 2.47. The van der Waals surface area contributed by atoms with Crippen molar-refractivity contribution in [2.24, 2.45) is 5.41 Å². The van der Waals surface area contributed by atoms with Gasteiger partial charge in [-0.3, -0.25) is 9.59 Å². The van der Waals surface area contributed by atoms with Crippen LogP contribution in [0, 0.1) is 17.0 Å². The quantitative estimate of drug-likeness (QED) is 0.671. The Balaban J connectivity index is 1.61. The minimum Gasteiger partial charge on any atom is -0.454 e. The molecule has 1 atom stereocenters. The number of Topliss-reactive ketones (excluding diaryl/α,β-unsaturated/α-hetero) is 1. The van der Waals surface area contributed by atoms with Crippen LogP contribution in [0.25, 0.3) is 0 Å². The number of allylic oxidation sites excluding steroid dienone is 3. The zero-order chi connectivity index (χ0) is 24.2. The molecule has 176 valence electrons. The number of ether oxygens (including phenoxy) is 2. The standard InChI is InChI=1S/C26H24F2N2O4/c1-13-22(25(32)30-17-6-5-15(27)9-16(17)28)23(14-4-7-20-21(8-14)34-12-33-20)24-18(29-13)10-26(2,3)11-19(24)31/h4-9,23,29H,10-12H2,1-3H3,(H,30,32). The number of anilines is 1. The number of amides is 1. The van der Waals surface area contributed by atoms with Crippen LogP contribution < -0.4 is 20.1 Å². The van der Waals surface area contributed by atoms with Crippen molar-refractivity contribution in [1.29, 1.82) is 0 Å². The van der Waals surface area contributed by atoms with Crippen LogP contribution in [0.1, 0.15) is 45.1 Å². The summed E-state index contributed by atoms with van der Waals surface area (Å²) < 4.78 is 38.6. The minimum absolute atomic E-state index is 0.0489. The fourth-order valence-corrected chi connectivity index (χ4v) is 4.94. The Kier molecular flexibility index (Phi) is 5.19. The van der Waals surface area contributed by atoms with Gasteiger partial charge in [0.05, 0.1) is 5.69 Å². The molecule has 1 amide bonds. The molecule has 5 rings (SSSR count). The molecule has 0 aromatic heterocycles. The van der Waals surface area contributed by atoms with E-state index >= 15 is 0 Å². The number of benzene rings is 2. The van der Waals surface area contributed by atoms with Gasteiger partial charge in [-0.1, -0.05) is 19.9 Å². The van der Waals surface area contributed by atoms with Gasteiger partial charge >= 0.3 is 0 Å². The highest BCUT2D eigenvalue weighted by molar-refractivity contribution is 6.10. The number of hydrogen-bond donors (Lipinski definition) is 2. The summed E-state index contributed by atoms with van der Waals surface area (Å²) in [6.45, 7) is 5.92. The van der Waals surface area contributed by atoms with Gasteiger partial charge in [0.2, 0.25) is 6.79 Å². The van der Waals surface area contributed by atoms with Crippen LogP contribution in [0.5, 0.6) is 11.5 Å². The molecular formula is C26H24F2N2O4. The van der Waals surface area contributed by atoms with E-state index in [0.29, 0.717) is 47.2 Å². The SMILES string of the molecule is CC1=C(C(=O)Nc2ccc(F)cc2F)C(c2ccc3c(c2)OCO3)C2=C(CC(C)(C)CC2=O)N1. The maximum absolute atomic E-state index is 14.3. The third-order valence-electron chi connectivity index (χ3n) is 6.39. The van der Waals surface area contributed by atoms with Gasteiger partial charge in [0.1, 0.15) is 11.6 Å². The van der Waals surface area contributed by atoms with Crippen LogP contribution in [-0.4, -0.2) is 18.5 Å². The van der Waals surface area contributed by atoms with Gasteiger partial charge < -0.3 is 20.1 Å².